The molecule has 0 saturated carbocycles. The Hall–Kier alpha value is -3.17. The largest absolute Gasteiger partial charge is 0.350 e. The molecule has 1 N–H and O–H groups in total. The Morgan fingerprint density at radius 1 is 0.900 bits per heavy atom. The molecule has 0 aromatic heterocycles. The number of anilines is 1. The van der Waals surface area contributed by atoms with Crippen molar-refractivity contribution in [2.75, 3.05) is 10.8 Å². The number of aryl methyl sites for hydroxylation is 3. The summed E-state index contributed by atoms with van der Waals surface area (Å²) >= 11 is 3.47. The zero-order valence-corrected chi connectivity index (χ0v) is 26.6. The molecule has 0 unspecified atom stereocenters. The predicted octanol–water partition coefficient (Wildman–Crippen LogP) is 5.90. The first kappa shape index (κ1) is 31.4. The van der Waals surface area contributed by atoms with Gasteiger partial charge in [-0.2, -0.15) is 0 Å². The quantitative estimate of drug-likeness (QED) is 0.320. The number of hydrogen-bond donors (Lipinski definition) is 1. The van der Waals surface area contributed by atoms with Crippen molar-refractivity contribution < 1.29 is 18.0 Å². The fourth-order valence-corrected chi connectivity index (χ4v) is 6.19. The van der Waals surface area contributed by atoms with E-state index in [9.17, 15) is 18.0 Å². The molecule has 0 aliphatic heterocycles. The number of sulfonamides is 1. The third-order valence-corrected chi connectivity index (χ3v) is 8.57. The maximum atomic E-state index is 14.1. The number of carbonyl (C=O) groups excluding carboxylic acids is 2. The van der Waals surface area contributed by atoms with Gasteiger partial charge in [0.1, 0.15) is 12.6 Å². The van der Waals surface area contributed by atoms with Gasteiger partial charge in [0.2, 0.25) is 11.8 Å². The summed E-state index contributed by atoms with van der Waals surface area (Å²) in [6, 6.07) is 18.6. The maximum Gasteiger partial charge on any atom is 0.264 e. The van der Waals surface area contributed by atoms with Crippen molar-refractivity contribution in [2.24, 2.45) is 0 Å². The lowest BCUT2D eigenvalue weighted by molar-refractivity contribution is -0.140. The number of benzene rings is 3. The van der Waals surface area contributed by atoms with E-state index in [0.29, 0.717) is 5.69 Å². The maximum absolute atomic E-state index is 14.1. The Morgan fingerprint density at radius 3 is 2.05 bits per heavy atom. The van der Waals surface area contributed by atoms with Gasteiger partial charge >= 0.3 is 0 Å². The number of nitrogens with one attached hydrogen (secondary N) is 1. The number of nitrogens with zero attached hydrogens (tertiary/aromatic N) is 2. The third kappa shape index (κ3) is 8.17. The summed E-state index contributed by atoms with van der Waals surface area (Å²) in [5, 5.41) is 2.94. The average molecular weight is 629 g/mol. The van der Waals surface area contributed by atoms with Gasteiger partial charge < -0.3 is 10.2 Å². The molecule has 9 heteroatoms. The number of hydrogen-bond acceptors (Lipinski definition) is 4. The molecule has 3 rings (SSSR count). The van der Waals surface area contributed by atoms with E-state index < -0.39 is 34.1 Å². The Morgan fingerprint density at radius 2 is 1.50 bits per heavy atom. The molecule has 0 radical (unpaired) electrons. The molecule has 7 nitrogen and oxygen atoms in total. The van der Waals surface area contributed by atoms with Gasteiger partial charge in [0.05, 0.1) is 10.6 Å². The fourth-order valence-electron chi connectivity index (χ4n) is 4.35. The standard InChI is InChI=1S/C31H38BrN3O4S/c1-21-11-13-28(14-12-21)40(38,39)35(27-16-22(2)15-23(3)17-27)20-29(36)34(19-25-9-8-10-26(32)18-25)24(4)30(37)33-31(5,6)7/h8-18,24H,19-20H2,1-7H3,(H,33,37)/t24-/m0/s1. The highest BCUT2D eigenvalue weighted by Gasteiger charge is 2.33. The first-order valence-corrected chi connectivity index (χ1v) is 15.3. The van der Waals surface area contributed by atoms with Crippen LogP contribution >= 0.6 is 15.9 Å². The van der Waals surface area contributed by atoms with Crippen LogP contribution < -0.4 is 9.62 Å². The molecule has 0 spiro atoms. The minimum absolute atomic E-state index is 0.0853. The van der Waals surface area contributed by atoms with E-state index in [1.54, 1.807) is 43.3 Å². The van der Waals surface area contributed by atoms with Crippen LogP contribution in [0.5, 0.6) is 0 Å². The predicted molar refractivity (Wildman–Crippen MR) is 164 cm³/mol. The SMILES string of the molecule is Cc1ccc(S(=O)(=O)N(CC(=O)N(Cc2cccc(Br)c2)[C@@H](C)C(=O)NC(C)(C)C)c2cc(C)cc(C)c2)cc1. The lowest BCUT2D eigenvalue weighted by Gasteiger charge is -2.33. The van der Waals surface area contributed by atoms with Crippen molar-refractivity contribution in [3.05, 3.63) is 93.5 Å². The number of carbonyl (C=O) groups is 2. The molecule has 0 fully saturated rings. The second-order valence-corrected chi connectivity index (χ2v) is 14.0. The van der Waals surface area contributed by atoms with E-state index in [-0.39, 0.29) is 17.3 Å². The first-order valence-electron chi connectivity index (χ1n) is 13.1. The molecule has 40 heavy (non-hydrogen) atoms. The highest BCUT2D eigenvalue weighted by Crippen LogP contribution is 2.27. The van der Waals surface area contributed by atoms with Crippen LogP contribution in [0, 0.1) is 20.8 Å². The molecule has 1 atom stereocenters. The smallest absolute Gasteiger partial charge is 0.264 e. The summed E-state index contributed by atoms with van der Waals surface area (Å²) in [5.41, 5.74) is 3.35. The highest BCUT2D eigenvalue weighted by molar-refractivity contribution is 9.10. The second-order valence-electron chi connectivity index (χ2n) is 11.2. The summed E-state index contributed by atoms with van der Waals surface area (Å²) in [4.78, 5) is 28.8. The summed E-state index contributed by atoms with van der Waals surface area (Å²) in [5.74, 6) is -0.818. The minimum atomic E-state index is -4.11. The summed E-state index contributed by atoms with van der Waals surface area (Å²) in [6.45, 7) is 12.6. The van der Waals surface area contributed by atoms with E-state index in [4.69, 9.17) is 0 Å². The van der Waals surface area contributed by atoms with Crippen molar-refractivity contribution in [3.63, 3.8) is 0 Å². The molecular formula is C31H38BrN3O4S. The summed E-state index contributed by atoms with van der Waals surface area (Å²) in [7, 11) is -4.11. The summed E-state index contributed by atoms with van der Waals surface area (Å²) < 4.78 is 30.0. The van der Waals surface area contributed by atoms with Crippen LogP contribution in [0.4, 0.5) is 5.69 Å². The molecular weight excluding hydrogens is 590 g/mol. The monoisotopic (exact) mass is 627 g/mol. The van der Waals surface area contributed by atoms with Gasteiger partial charge in [-0.1, -0.05) is 51.8 Å². The van der Waals surface area contributed by atoms with Crippen molar-refractivity contribution in [3.8, 4) is 0 Å². The highest BCUT2D eigenvalue weighted by atomic mass is 79.9. The lowest BCUT2D eigenvalue weighted by atomic mass is 10.1. The van der Waals surface area contributed by atoms with Crippen LogP contribution in [0.2, 0.25) is 0 Å². The first-order chi connectivity index (χ1) is 18.6. The zero-order chi connectivity index (χ0) is 29.8. The van der Waals surface area contributed by atoms with Crippen LogP contribution in [0.25, 0.3) is 0 Å². The van der Waals surface area contributed by atoms with Gasteiger partial charge in [-0.25, -0.2) is 8.42 Å². The number of rotatable bonds is 9. The molecule has 0 heterocycles. The van der Waals surface area contributed by atoms with Gasteiger partial charge in [-0.3, -0.25) is 13.9 Å². The van der Waals surface area contributed by atoms with E-state index >= 15 is 0 Å². The number of halogens is 1. The Kier molecular flexibility index (Phi) is 9.85. The number of amides is 2. The van der Waals surface area contributed by atoms with Gasteiger partial charge in [0.25, 0.3) is 10.0 Å². The normalized spacial score (nSPS) is 12.5. The summed E-state index contributed by atoms with van der Waals surface area (Å²) in [6.07, 6.45) is 0. The molecule has 3 aromatic carbocycles. The van der Waals surface area contributed by atoms with E-state index in [0.717, 1.165) is 31.0 Å². The van der Waals surface area contributed by atoms with E-state index in [1.165, 1.54) is 4.90 Å². The zero-order valence-electron chi connectivity index (χ0n) is 24.2. The Bertz CT molecular complexity index is 1460. The Balaban J connectivity index is 2.07. The molecule has 2 amide bonds. The molecule has 214 valence electrons. The minimum Gasteiger partial charge on any atom is -0.350 e. The molecule has 0 aliphatic carbocycles. The van der Waals surface area contributed by atoms with Gasteiger partial charge in [-0.05, 0) is 102 Å². The van der Waals surface area contributed by atoms with Gasteiger partial charge in [-0.15, -0.1) is 0 Å². The topological polar surface area (TPSA) is 86.8 Å². The van der Waals surface area contributed by atoms with E-state index in [1.807, 2.05) is 71.9 Å². The molecule has 3 aromatic rings. The fraction of sp³-hybridized carbons (Fsp3) is 0.355. The third-order valence-electron chi connectivity index (χ3n) is 6.29. The van der Waals surface area contributed by atoms with Crippen molar-refractivity contribution in [2.45, 2.75) is 71.5 Å². The second kappa shape index (κ2) is 12.6. The van der Waals surface area contributed by atoms with Crippen molar-refractivity contribution in [1.29, 1.82) is 0 Å². The molecule has 0 bridgehead atoms. The molecule has 0 saturated heterocycles. The van der Waals surface area contributed by atoms with E-state index in [2.05, 4.69) is 21.2 Å². The van der Waals surface area contributed by atoms with Gasteiger partial charge in [0.15, 0.2) is 0 Å². The van der Waals surface area contributed by atoms with Crippen LogP contribution in [0.1, 0.15) is 49.9 Å². The van der Waals surface area contributed by atoms with Crippen LogP contribution in [0.3, 0.4) is 0 Å². The van der Waals surface area contributed by atoms with Crippen LogP contribution in [-0.2, 0) is 26.2 Å². The Labute approximate surface area is 246 Å². The lowest BCUT2D eigenvalue weighted by Crippen LogP contribution is -2.54. The van der Waals surface area contributed by atoms with Crippen LogP contribution in [0.15, 0.2) is 76.1 Å². The average Bonchev–Trinajstić information content (AvgIpc) is 2.84. The molecule has 0 aliphatic rings. The van der Waals surface area contributed by atoms with Crippen molar-refractivity contribution in [1.82, 2.24) is 10.2 Å². The van der Waals surface area contributed by atoms with Gasteiger partial charge in [0, 0.05) is 16.6 Å². The van der Waals surface area contributed by atoms with Crippen LogP contribution in [-0.4, -0.2) is 43.3 Å². The van der Waals surface area contributed by atoms with Crippen molar-refractivity contribution >= 4 is 43.5 Å².